The average Bonchev–Trinajstić information content (AvgIpc) is 2.52. The number of nitrogens with one attached hydrogen (secondary N) is 3. The number of anilines is 2. The molecule has 1 aliphatic heterocycles. The third-order valence-electron chi connectivity index (χ3n) is 3.93. The maximum Gasteiger partial charge on any atom is 0.433 e. The Kier molecular flexibility index (Phi) is 4.89. The number of urea groups is 1. The summed E-state index contributed by atoms with van der Waals surface area (Å²) in [7, 11) is 0. The molecule has 8 heteroatoms. The molecule has 1 fully saturated rings. The molecule has 25 heavy (non-hydrogen) atoms. The minimum Gasteiger partial charge on any atom is -0.314 e. The number of aromatic nitrogens is 1. The fraction of sp³-hybridized carbons (Fsp3) is 0.294. The molecule has 0 unspecified atom stereocenters. The van der Waals surface area contributed by atoms with Crippen LogP contribution in [0, 0.1) is 0 Å². The second-order valence-corrected chi connectivity index (χ2v) is 5.85. The number of halogens is 3. The van der Waals surface area contributed by atoms with Crippen LogP contribution in [0.1, 0.15) is 17.7 Å². The van der Waals surface area contributed by atoms with Gasteiger partial charge in [-0.3, -0.25) is 0 Å². The molecule has 2 aromatic rings. The summed E-state index contributed by atoms with van der Waals surface area (Å²) in [6.45, 7) is 1.06. The van der Waals surface area contributed by atoms with Crippen molar-refractivity contribution in [1.29, 1.82) is 0 Å². The Morgan fingerprint density at radius 1 is 1.12 bits per heavy atom. The number of nitrogens with zero attached hydrogens (tertiary/aromatic N) is 1. The summed E-state index contributed by atoms with van der Waals surface area (Å²) in [5.41, 5.74) is 0.950. The van der Waals surface area contributed by atoms with E-state index in [2.05, 4.69) is 20.9 Å². The molecule has 3 N–H and O–H groups in total. The summed E-state index contributed by atoms with van der Waals surface area (Å²) in [6.07, 6.45) is -1.41. The molecule has 0 spiro atoms. The first kappa shape index (κ1) is 17.2. The van der Waals surface area contributed by atoms with Gasteiger partial charge in [0.2, 0.25) is 0 Å². The van der Waals surface area contributed by atoms with E-state index >= 15 is 0 Å². The van der Waals surface area contributed by atoms with Crippen LogP contribution in [0.2, 0.25) is 0 Å². The van der Waals surface area contributed by atoms with Gasteiger partial charge in [0, 0.05) is 11.7 Å². The molecule has 5 nitrogen and oxygen atoms in total. The van der Waals surface area contributed by atoms with Gasteiger partial charge in [0.1, 0.15) is 5.69 Å². The van der Waals surface area contributed by atoms with Crippen molar-refractivity contribution in [2.45, 2.75) is 25.1 Å². The lowest BCUT2D eigenvalue weighted by Crippen LogP contribution is -2.44. The average molecular weight is 350 g/mol. The Bertz CT molecular complexity index is 725. The van der Waals surface area contributed by atoms with Gasteiger partial charge < -0.3 is 16.0 Å². The molecule has 1 aromatic heterocycles. The highest BCUT2D eigenvalue weighted by Gasteiger charge is 2.32. The summed E-state index contributed by atoms with van der Waals surface area (Å²) < 4.78 is 37.3. The molecule has 3 rings (SSSR count). The molecular weight excluding hydrogens is 333 g/mol. The van der Waals surface area contributed by atoms with Crippen LogP contribution in [-0.2, 0) is 12.6 Å². The zero-order valence-electron chi connectivity index (χ0n) is 13.2. The summed E-state index contributed by atoms with van der Waals surface area (Å²) in [4.78, 5) is 15.2. The van der Waals surface area contributed by atoms with Crippen molar-refractivity contribution >= 4 is 17.4 Å². The monoisotopic (exact) mass is 350 g/mol. The number of benzene rings is 1. The third kappa shape index (κ3) is 4.69. The van der Waals surface area contributed by atoms with Gasteiger partial charge in [-0.2, -0.15) is 13.2 Å². The van der Waals surface area contributed by atoms with Crippen molar-refractivity contribution in [2.75, 3.05) is 17.2 Å². The van der Waals surface area contributed by atoms with Crippen molar-refractivity contribution < 1.29 is 18.0 Å². The SMILES string of the molecule is O=C(Nc1ccc(C[C@@H]2CCN2)cc1)Nc1ccc(C(F)(F)F)nc1. The zero-order valence-corrected chi connectivity index (χ0v) is 13.2. The van der Waals surface area contributed by atoms with Gasteiger partial charge in [0.25, 0.3) is 0 Å². The molecule has 2 heterocycles. The Morgan fingerprint density at radius 2 is 1.76 bits per heavy atom. The number of carbonyl (C=O) groups is 1. The van der Waals surface area contributed by atoms with Gasteiger partial charge in [0.15, 0.2) is 0 Å². The molecule has 132 valence electrons. The lowest BCUT2D eigenvalue weighted by molar-refractivity contribution is -0.141. The fourth-order valence-corrected chi connectivity index (χ4v) is 2.46. The molecular formula is C17H17F3N4O. The molecule has 1 aliphatic rings. The molecule has 0 aliphatic carbocycles. The number of pyridine rings is 1. The first-order chi connectivity index (χ1) is 11.9. The number of hydrogen-bond donors (Lipinski definition) is 3. The highest BCUT2D eigenvalue weighted by atomic mass is 19.4. The number of alkyl halides is 3. The van der Waals surface area contributed by atoms with Crippen molar-refractivity contribution in [3.05, 3.63) is 53.9 Å². The van der Waals surface area contributed by atoms with E-state index in [1.807, 2.05) is 12.1 Å². The minimum atomic E-state index is -4.50. The summed E-state index contributed by atoms with van der Waals surface area (Å²) in [6, 6.07) is 9.41. The van der Waals surface area contributed by atoms with E-state index in [0.29, 0.717) is 11.7 Å². The van der Waals surface area contributed by atoms with E-state index < -0.39 is 17.9 Å². The van der Waals surface area contributed by atoms with E-state index in [1.54, 1.807) is 12.1 Å². The molecule has 1 saturated heterocycles. The molecule has 1 atom stereocenters. The largest absolute Gasteiger partial charge is 0.433 e. The fourth-order valence-electron chi connectivity index (χ4n) is 2.46. The van der Waals surface area contributed by atoms with Gasteiger partial charge in [-0.25, -0.2) is 9.78 Å². The van der Waals surface area contributed by atoms with E-state index in [-0.39, 0.29) is 5.69 Å². The van der Waals surface area contributed by atoms with Crippen LogP contribution < -0.4 is 16.0 Å². The van der Waals surface area contributed by atoms with Gasteiger partial charge in [-0.1, -0.05) is 12.1 Å². The van der Waals surface area contributed by atoms with Crippen LogP contribution in [0.15, 0.2) is 42.6 Å². The first-order valence-electron chi connectivity index (χ1n) is 7.84. The second kappa shape index (κ2) is 7.10. The predicted molar refractivity (Wildman–Crippen MR) is 88.4 cm³/mol. The van der Waals surface area contributed by atoms with Crippen molar-refractivity contribution in [2.24, 2.45) is 0 Å². The maximum absolute atomic E-state index is 12.4. The van der Waals surface area contributed by atoms with Gasteiger partial charge in [-0.15, -0.1) is 0 Å². The summed E-state index contributed by atoms with van der Waals surface area (Å²) >= 11 is 0. The van der Waals surface area contributed by atoms with Crippen molar-refractivity contribution in [3.8, 4) is 0 Å². The van der Waals surface area contributed by atoms with Gasteiger partial charge in [-0.05, 0) is 49.2 Å². The van der Waals surface area contributed by atoms with Crippen LogP contribution in [0.3, 0.4) is 0 Å². The van der Waals surface area contributed by atoms with Gasteiger partial charge in [0.05, 0.1) is 11.9 Å². The lowest BCUT2D eigenvalue weighted by atomic mass is 9.98. The van der Waals surface area contributed by atoms with Crippen LogP contribution >= 0.6 is 0 Å². The molecule has 0 saturated carbocycles. The quantitative estimate of drug-likeness (QED) is 0.789. The number of amides is 2. The highest BCUT2D eigenvalue weighted by molar-refractivity contribution is 5.99. The van der Waals surface area contributed by atoms with Crippen LogP contribution in [-0.4, -0.2) is 23.6 Å². The Balaban J connectivity index is 1.53. The highest BCUT2D eigenvalue weighted by Crippen LogP contribution is 2.27. The zero-order chi connectivity index (χ0) is 17.9. The molecule has 1 aromatic carbocycles. The van der Waals surface area contributed by atoms with E-state index in [0.717, 1.165) is 31.3 Å². The normalized spacial score (nSPS) is 16.8. The topological polar surface area (TPSA) is 66.1 Å². The number of carbonyl (C=O) groups excluding carboxylic acids is 1. The van der Waals surface area contributed by atoms with Crippen molar-refractivity contribution in [1.82, 2.24) is 10.3 Å². The van der Waals surface area contributed by atoms with Crippen LogP contribution in [0.25, 0.3) is 0 Å². The van der Waals surface area contributed by atoms with E-state index in [4.69, 9.17) is 0 Å². The smallest absolute Gasteiger partial charge is 0.314 e. The summed E-state index contributed by atoms with van der Waals surface area (Å²) in [5, 5.41) is 8.40. The Hall–Kier alpha value is -2.61. The van der Waals surface area contributed by atoms with Crippen LogP contribution in [0.4, 0.5) is 29.3 Å². The maximum atomic E-state index is 12.4. The third-order valence-corrected chi connectivity index (χ3v) is 3.93. The molecule has 0 radical (unpaired) electrons. The molecule has 2 amide bonds. The van der Waals surface area contributed by atoms with Crippen molar-refractivity contribution in [3.63, 3.8) is 0 Å². The van der Waals surface area contributed by atoms with E-state index in [1.165, 1.54) is 12.0 Å². The number of rotatable bonds is 4. The number of hydrogen-bond acceptors (Lipinski definition) is 3. The second-order valence-electron chi connectivity index (χ2n) is 5.85. The predicted octanol–water partition coefficient (Wildman–Crippen LogP) is 3.65. The lowest BCUT2D eigenvalue weighted by Gasteiger charge is -2.27. The first-order valence-corrected chi connectivity index (χ1v) is 7.84. The minimum absolute atomic E-state index is 0.179. The van der Waals surface area contributed by atoms with Crippen LogP contribution in [0.5, 0.6) is 0 Å². The molecule has 0 bridgehead atoms. The standard InChI is InChI=1S/C17H17F3N4O/c18-17(19,20)15-6-5-14(10-22-15)24-16(25)23-12-3-1-11(2-4-12)9-13-7-8-21-13/h1-6,10,13,21H,7-9H2,(H2,23,24,25)/t13-/m0/s1. The van der Waals surface area contributed by atoms with Gasteiger partial charge >= 0.3 is 12.2 Å². The van der Waals surface area contributed by atoms with E-state index in [9.17, 15) is 18.0 Å². The summed E-state index contributed by atoms with van der Waals surface area (Å²) in [5.74, 6) is 0. The Labute approximate surface area is 142 Å². The Morgan fingerprint density at radius 3 is 2.28 bits per heavy atom.